The molecule has 0 N–H and O–H groups in total. The summed E-state index contributed by atoms with van der Waals surface area (Å²) in [5, 5.41) is 0. The molecule has 14 heavy (non-hydrogen) atoms. The normalized spacial score (nSPS) is 19.1. The van der Waals surface area contributed by atoms with Crippen molar-refractivity contribution in [2.75, 3.05) is 27.2 Å². The quantitative estimate of drug-likeness (QED) is 0.622. The second-order valence-corrected chi connectivity index (χ2v) is 3.59. The molecule has 0 saturated heterocycles. The molecule has 0 atom stereocenters. The molecule has 77 valence electrons. The van der Waals surface area contributed by atoms with Crippen molar-refractivity contribution in [1.82, 2.24) is 4.90 Å². The van der Waals surface area contributed by atoms with E-state index in [0.717, 1.165) is 12.5 Å². The average Bonchev–Trinajstić information content (AvgIpc) is 2.47. The van der Waals surface area contributed by atoms with Crippen LogP contribution in [0.1, 0.15) is 6.92 Å². The largest absolute Gasteiger partial charge is 0.465 e. The first-order valence-electron chi connectivity index (χ1n) is 4.61. The number of hydrogen-bond acceptors (Lipinski definition) is 3. The lowest BCUT2D eigenvalue weighted by Crippen LogP contribution is -2.24. The minimum Gasteiger partial charge on any atom is -0.465 e. The smallest absolute Gasteiger partial charge is 0.302 e. The van der Waals surface area contributed by atoms with Crippen LogP contribution >= 0.6 is 0 Å². The van der Waals surface area contributed by atoms with Crippen LogP contribution in [0, 0.1) is 31.1 Å². The van der Waals surface area contributed by atoms with Crippen LogP contribution in [0.5, 0.6) is 0 Å². The lowest BCUT2D eigenvalue weighted by molar-refractivity contribution is -0.140. The van der Waals surface area contributed by atoms with Gasteiger partial charge in [0.1, 0.15) is 0 Å². The molecule has 0 aromatic heterocycles. The second kappa shape index (κ2) is 5.35. The van der Waals surface area contributed by atoms with Crippen molar-refractivity contribution >= 4 is 5.97 Å². The molecule has 0 aromatic carbocycles. The Labute approximate surface area is 86.4 Å². The van der Waals surface area contributed by atoms with Gasteiger partial charge in [-0.05, 0) is 33.4 Å². The number of hydrogen-bond donors (Lipinski definition) is 0. The highest BCUT2D eigenvalue weighted by molar-refractivity contribution is 5.66. The third-order valence-electron chi connectivity index (χ3n) is 1.92. The van der Waals surface area contributed by atoms with Gasteiger partial charge in [0.15, 0.2) is 0 Å². The summed E-state index contributed by atoms with van der Waals surface area (Å²) in [5.41, 5.74) is 0. The first kappa shape index (κ1) is 11.5. The van der Waals surface area contributed by atoms with Crippen molar-refractivity contribution in [1.29, 1.82) is 0 Å². The van der Waals surface area contributed by atoms with Crippen LogP contribution in [0.2, 0.25) is 0 Å². The molecular formula is C11H16NO2. The van der Waals surface area contributed by atoms with Crippen molar-refractivity contribution < 1.29 is 9.53 Å². The van der Waals surface area contributed by atoms with Crippen molar-refractivity contribution in [3.8, 4) is 0 Å². The molecule has 0 heterocycles. The third kappa shape index (κ3) is 3.66. The van der Waals surface area contributed by atoms with E-state index in [1.807, 2.05) is 26.9 Å². The van der Waals surface area contributed by atoms with Gasteiger partial charge in [-0.3, -0.25) is 4.79 Å². The minimum absolute atomic E-state index is 0.234. The van der Waals surface area contributed by atoms with Crippen LogP contribution < -0.4 is 0 Å². The molecule has 1 aliphatic rings. The predicted molar refractivity (Wildman–Crippen MR) is 54.6 cm³/mol. The molecule has 0 bridgehead atoms. The van der Waals surface area contributed by atoms with Crippen molar-refractivity contribution in [3.05, 3.63) is 31.1 Å². The average molecular weight is 194 g/mol. The van der Waals surface area contributed by atoms with Crippen LogP contribution in [-0.2, 0) is 9.53 Å². The molecule has 0 aromatic rings. The Bertz CT molecular complexity index is 192. The number of esters is 1. The maximum Gasteiger partial charge on any atom is 0.302 e. The zero-order valence-electron chi connectivity index (χ0n) is 8.91. The fourth-order valence-electron chi connectivity index (χ4n) is 1.31. The van der Waals surface area contributed by atoms with E-state index in [-0.39, 0.29) is 5.97 Å². The standard InChI is InChI=1S/C11H16NO2/c1-9(13)14-8-11-6-4-5-10(11)7-12(2)3/h4-6H,7-8H2,1-3H3. The van der Waals surface area contributed by atoms with Gasteiger partial charge in [-0.2, -0.15) is 0 Å². The highest BCUT2D eigenvalue weighted by Crippen LogP contribution is 2.33. The van der Waals surface area contributed by atoms with E-state index in [4.69, 9.17) is 4.74 Å². The van der Waals surface area contributed by atoms with E-state index in [0.29, 0.717) is 6.61 Å². The second-order valence-electron chi connectivity index (χ2n) is 3.59. The van der Waals surface area contributed by atoms with Crippen LogP contribution in [0.3, 0.4) is 0 Å². The van der Waals surface area contributed by atoms with Gasteiger partial charge in [0, 0.05) is 25.3 Å². The van der Waals surface area contributed by atoms with E-state index < -0.39 is 0 Å². The third-order valence-corrected chi connectivity index (χ3v) is 1.92. The van der Waals surface area contributed by atoms with E-state index in [2.05, 4.69) is 11.3 Å². The Morgan fingerprint density at radius 3 is 2.57 bits per heavy atom. The highest BCUT2D eigenvalue weighted by Gasteiger charge is 2.30. The van der Waals surface area contributed by atoms with Crippen molar-refractivity contribution in [2.45, 2.75) is 6.92 Å². The number of rotatable bonds is 4. The molecule has 3 nitrogen and oxygen atoms in total. The molecule has 0 unspecified atom stereocenters. The van der Waals surface area contributed by atoms with E-state index in [9.17, 15) is 4.79 Å². The summed E-state index contributed by atoms with van der Waals surface area (Å²) in [4.78, 5) is 12.7. The SMILES string of the molecule is CC(=O)OC[C]1[CH][CH][CH][C]1CN(C)C. The molecule has 0 aliphatic heterocycles. The summed E-state index contributed by atoms with van der Waals surface area (Å²) in [7, 11) is 4.03. The van der Waals surface area contributed by atoms with Gasteiger partial charge in [0.25, 0.3) is 0 Å². The summed E-state index contributed by atoms with van der Waals surface area (Å²) in [6, 6.07) is 0. The number of carbonyl (C=O) groups is 1. The maximum atomic E-state index is 10.6. The summed E-state index contributed by atoms with van der Waals surface area (Å²) in [5.74, 6) is 2.08. The van der Waals surface area contributed by atoms with Crippen LogP contribution in [-0.4, -0.2) is 38.1 Å². The fourth-order valence-corrected chi connectivity index (χ4v) is 1.31. The van der Waals surface area contributed by atoms with Gasteiger partial charge in [0.05, 0.1) is 6.61 Å². The van der Waals surface area contributed by atoms with E-state index >= 15 is 0 Å². The molecular weight excluding hydrogens is 178 g/mol. The van der Waals surface area contributed by atoms with Crippen LogP contribution in [0.15, 0.2) is 0 Å². The molecule has 3 heteroatoms. The molecule has 0 spiro atoms. The van der Waals surface area contributed by atoms with Crippen LogP contribution in [0.4, 0.5) is 0 Å². The maximum absolute atomic E-state index is 10.6. The Morgan fingerprint density at radius 2 is 2.00 bits per heavy atom. The lowest BCUT2D eigenvalue weighted by Gasteiger charge is -2.21. The molecule has 1 rings (SSSR count). The van der Waals surface area contributed by atoms with E-state index in [1.54, 1.807) is 0 Å². The topological polar surface area (TPSA) is 29.5 Å². The molecule has 1 saturated carbocycles. The molecule has 1 fully saturated rings. The monoisotopic (exact) mass is 194 g/mol. The van der Waals surface area contributed by atoms with Gasteiger partial charge in [0.2, 0.25) is 0 Å². The summed E-state index contributed by atoms with van der Waals surface area (Å²) in [6.07, 6.45) is 6.03. The highest BCUT2D eigenvalue weighted by atomic mass is 16.5. The van der Waals surface area contributed by atoms with E-state index in [1.165, 1.54) is 12.8 Å². The molecule has 0 amide bonds. The Balaban J connectivity index is 2.31. The number of nitrogens with zero attached hydrogens (tertiary/aromatic N) is 1. The van der Waals surface area contributed by atoms with Gasteiger partial charge in [-0.1, -0.05) is 0 Å². The zero-order chi connectivity index (χ0) is 10.6. The van der Waals surface area contributed by atoms with Gasteiger partial charge >= 0.3 is 5.97 Å². The summed E-state index contributed by atoms with van der Waals surface area (Å²) in [6.45, 7) is 2.68. The summed E-state index contributed by atoms with van der Waals surface area (Å²) >= 11 is 0. The number of ether oxygens (including phenoxy) is 1. The van der Waals surface area contributed by atoms with Gasteiger partial charge < -0.3 is 9.64 Å². The molecule has 5 radical (unpaired) electrons. The van der Waals surface area contributed by atoms with Crippen LogP contribution in [0.25, 0.3) is 0 Å². The summed E-state index contributed by atoms with van der Waals surface area (Å²) < 4.78 is 4.95. The zero-order valence-corrected chi connectivity index (χ0v) is 8.91. The van der Waals surface area contributed by atoms with Gasteiger partial charge in [-0.25, -0.2) is 0 Å². The van der Waals surface area contributed by atoms with Gasteiger partial charge in [-0.15, -0.1) is 0 Å². The first-order chi connectivity index (χ1) is 6.59. The Kier molecular flexibility index (Phi) is 4.39. The van der Waals surface area contributed by atoms with Crippen molar-refractivity contribution in [2.24, 2.45) is 0 Å². The number of carbonyl (C=O) groups excluding carboxylic acids is 1. The lowest BCUT2D eigenvalue weighted by atomic mass is 9.96. The Morgan fingerprint density at radius 1 is 1.36 bits per heavy atom. The van der Waals surface area contributed by atoms with Crippen molar-refractivity contribution in [3.63, 3.8) is 0 Å². The fraction of sp³-hybridized carbons (Fsp3) is 0.455. The minimum atomic E-state index is -0.234. The predicted octanol–water partition coefficient (Wildman–Crippen LogP) is 0.887. The first-order valence-corrected chi connectivity index (χ1v) is 4.61. The molecule has 1 aliphatic carbocycles. The Hall–Kier alpha value is -0.570.